The van der Waals surface area contributed by atoms with E-state index >= 15 is 0 Å². The van der Waals surface area contributed by atoms with Crippen molar-refractivity contribution in [3.05, 3.63) is 65.4 Å². The summed E-state index contributed by atoms with van der Waals surface area (Å²) >= 11 is 0. The molecule has 2 atom stereocenters. The van der Waals surface area contributed by atoms with Gasteiger partial charge < -0.3 is 24.7 Å². The molecule has 1 fully saturated rings. The number of pyridine rings is 1. The number of esters is 1. The topological polar surface area (TPSA) is 98.8 Å². The standard InChI is InChI=1S/C30H33BF5N3O5/c1-29(2)30(3,4)44-31(43-29)19-9-8-16(25-18(19)7-6-12-37-25)13-23(28(41)42-5)39-27(40)24-20(33)14-17(15-21(24)34)38-22(10-11-32)26(35)36/h6-9,12,14-15,22-23,26,38H,10-11,13H2,1-5H3,(H,39,40). The van der Waals surface area contributed by atoms with E-state index in [0.717, 1.165) is 7.11 Å². The van der Waals surface area contributed by atoms with Gasteiger partial charge in [-0.25, -0.2) is 22.4 Å². The van der Waals surface area contributed by atoms with Gasteiger partial charge >= 0.3 is 13.1 Å². The van der Waals surface area contributed by atoms with Crippen LogP contribution in [0.2, 0.25) is 0 Å². The van der Waals surface area contributed by atoms with Crippen LogP contribution in [0.5, 0.6) is 0 Å². The van der Waals surface area contributed by atoms with Crippen molar-refractivity contribution in [3.8, 4) is 0 Å². The second-order valence-electron chi connectivity index (χ2n) is 11.4. The number of aromatic nitrogens is 1. The number of halogens is 5. The SMILES string of the molecule is COC(=O)C(Cc1ccc(B2OC(C)(C)C(C)(C)O2)c2cccnc12)NC(=O)c1c(F)cc(NC(CCF)C(F)F)cc1F. The first-order valence-corrected chi connectivity index (χ1v) is 13.9. The Kier molecular flexibility index (Phi) is 9.84. The predicted octanol–water partition coefficient (Wildman–Crippen LogP) is 4.73. The monoisotopic (exact) mass is 621 g/mol. The minimum absolute atomic E-state index is 0.155. The lowest BCUT2D eigenvalue weighted by Gasteiger charge is -2.32. The fourth-order valence-corrected chi connectivity index (χ4v) is 4.85. The molecule has 44 heavy (non-hydrogen) atoms. The number of alkyl halides is 3. The van der Waals surface area contributed by atoms with Gasteiger partial charge in [0, 0.05) is 30.1 Å². The van der Waals surface area contributed by atoms with E-state index in [2.05, 4.69) is 15.6 Å². The molecule has 3 aromatic rings. The zero-order valence-corrected chi connectivity index (χ0v) is 24.9. The number of nitrogens with zero attached hydrogens (tertiary/aromatic N) is 1. The first-order valence-electron chi connectivity index (χ1n) is 13.9. The highest BCUT2D eigenvalue weighted by atomic mass is 19.3. The molecule has 236 valence electrons. The van der Waals surface area contributed by atoms with Crippen LogP contribution in [0.3, 0.4) is 0 Å². The maximum absolute atomic E-state index is 14.9. The van der Waals surface area contributed by atoms with Crippen LogP contribution < -0.4 is 16.1 Å². The molecule has 14 heteroatoms. The normalized spacial score (nSPS) is 17.0. The number of nitrogens with one attached hydrogen (secondary N) is 2. The van der Waals surface area contributed by atoms with Crippen molar-refractivity contribution in [2.75, 3.05) is 19.1 Å². The molecule has 1 saturated heterocycles. The smallest absolute Gasteiger partial charge is 0.467 e. The molecule has 0 spiro atoms. The third kappa shape index (κ3) is 6.81. The van der Waals surface area contributed by atoms with Gasteiger partial charge in [0.05, 0.1) is 36.5 Å². The van der Waals surface area contributed by atoms with Crippen LogP contribution >= 0.6 is 0 Å². The number of anilines is 1. The van der Waals surface area contributed by atoms with Gasteiger partial charge in [0.25, 0.3) is 12.3 Å². The number of carbonyl (C=O) groups is 2. The molecule has 0 radical (unpaired) electrons. The minimum atomic E-state index is -3.00. The van der Waals surface area contributed by atoms with Gasteiger partial charge in [-0.3, -0.25) is 14.2 Å². The molecule has 2 N–H and O–H groups in total. The van der Waals surface area contributed by atoms with Crippen LogP contribution in [0, 0.1) is 11.6 Å². The molecule has 1 aliphatic heterocycles. The van der Waals surface area contributed by atoms with Gasteiger partial charge in [-0.15, -0.1) is 0 Å². The second-order valence-corrected chi connectivity index (χ2v) is 11.4. The van der Waals surface area contributed by atoms with Gasteiger partial charge in [0.2, 0.25) is 0 Å². The lowest BCUT2D eigenvalue weighted by molar-refractivity contribution is -0.142. The number of carbonyl (C=O) groups excluding carboxylic acids is 2. The Labute approximate surface area is 251 Å². The van der Waals surface area contributed by atoms with Gasteiger partial charge in [-0.2, -0.15) is 0 Å². The van der Waals surface area contributed by atoms with Crippen molar-refractivity contribution in [2.24, 2.45) is 0 Å². The molecule has 2 aromatic carbocycles. The fourth-order valence-electron chi connectivity index (χ4n) is 4.85. The summed E-state index contributed by atoms with van der Waals surface area (Å²) in [5, 5.41) is 5.16. The highest BCUT2D eigenvalue weighted by Gasteiger charge is 2.52. The number of amides is 1. The Morgan fingerprint density at radius 1 is 1.05 bits per heavy atom. The Morgan fingerprint density at radius 3 is 2.25 bits per heavy atom. The van der Waals surface area contributed by atoms with Gasteiger partial charge in [-0.1, -0.05) is 18.2 Å². The van der Waals surface area contributed by atoms with Crippen molar-refractivity contribution in [2.45, 2.75) is 70.2 Å². The quantitative estimate of drug-likeness (QED) is 0.182. The maximum atomic E-state index is 14.9. The third-order valence-electron chi connectivity index (χ3n) is 7.95. The highest BCUT2D eigenvalue weighted by molar-refractivity contribution is 6.65. The number of hydrogen-bond donors (Lipinski definition) is 2. The van der Waals surface area contributed by atoms with E-state index in [1.807, 2.05) is 33.8 Å². The number of methoxy groups -OCH3 is 1. The first-order chi connectivity index (χ1) is 20.7. The van der Waals surface area contributed by atoms with Crippen molar-refractivity contribution < 1.29 is 45.6 Å². The van der Waals surface area contributed by atoms with Crippen LogP contribution in [-0.2, 0) is 25.3 Å². The Morgan fingerprint density at radius 2 is 1.68 bits per heavy atom. The van der Waals surface area contributed by atoms with E-state index in [4.69, 9.17) is 14.0 Å². The Balaban J connectivity index is 1.60. The number of benzene rings is 2. The lowest BCUT2D eigenvalue weighted by atomic mass is 9.76. The molecule has 2 unspecified atom stereocenters. The first kappa shape index (κ1) is 33.1. The lowest BCUT2D eigenvalue weighted by Crippen LogP contribution is -2.44. The summed E-state index contributed by atoms with van der Waals surface area (Å²) in [7, 11) is 0.394. The number of fused-ring (bicyclic) bond motifs is 1. The van der Waals surface area contributed by atoms with Gasteiger partial charge in [0.1, 0.15) is 23.2 Å². The predicted molar refractivity (Wildman–Crippen MR) is 155 cm³/mol. The van der Waals surface area contributed by atoms with Crippen LogP contribution in [-0.4, -0.2) is 67.5 Å². The van der Waals surface area contributed by atoms with E-state index in [9.17, 15) is 31.5 Å². The fraction of sp³-hybridized carbons (Fsp3) is 0.433. The van der Waals surface area contributed by atoms with Crippen LogP contribution in [0.25, 0.3) is 10.9 Å². The number of hydrogen-bond acceptors (Lipinski definition) is 7. The van der Waals surface area contributed by atoms with Crippen LogP contribution in [0.1, 0.15) is 50.0 Å². The van der Waals surface area contributed by atoms with Crippen LogP contribution in [0.15, 0.2) is 42.6 Å². The summed E-state index contributed by atoms with van der Waals surface area (Å²) in [6.45, 7) is 6.62. The van der Waals surface area contributed by atoms with Crippen molar-refractivity contribution in [1.29, 1.82) is 0 Å². The van der Waals surface area contributed by atoms with Gasteiger partial charge in [0.15, 0.2) is 0 Å². The summed E-state index contributed by atoms with van der Waals surface area (Å²) < 4.78 is 85.9. The van der Waals surface area contributed by atoms with Crippen molar-refractivity contribution in [3.63, 3.8) is 0 Å². The van der Waals surface area contributed by atoms with Crippen molar-refractivity contribution in [1.82, 2.24) is 10.3 Å². The molecule has 1 amide bonds. The summed E-state index contributed by atoms with van der Waals surface area (Å²) in [6, 6.07) is 5.20. The molecule has 0 bridgehead atoms. The Hall–Kier alpha value is -3.78. The van der Waals surface area contributed by atoms with E-state index in [1.165, 1.54) is 0 Å². The summed E-state index contributed by atoms with van der Waals surface area (Å²) in [5.41, 5.74) is -0.929. The molecular weight excluding hydrogens is 588 g/mol. The Bertz CT molecular complexity index is 1500. The zero-order chi connectivity index (χ0) is 32.4. The molecule has 1 aromatic heterocycles. The molecule has 0 aliphatic carbocycles. The van der Waals surface area contributed by atoms with Crippen LogP contribution in [0.4, 0.5) is 27.6 Å². The molecule has 4 rings (SSSR count). The van der Waals surface area contributed by atoms with E-state index < -0.39 is 84.7 Å². The maximum Gasteiger partial charge on any atom is 0.495 e. The average Bonchev–Trinajstić information content (AvgIpc) is 3.17. The summed E-state index contributed by atoms with van der Waals surface area (Å²) in [4.78, 5) is 30.2. The average molecular weight is 621 g/mol. The molecule has 2 heterocycles. The van der Waals surface area contributed by atoms with E-state index in [1.54, 1.807) is 24.4 Å². The van der Waals surface area contributed by atoms with Crippen molar-refractivity contribution >= 4 is 41.0 Å². The summed E-state index contributed by atoms with van der Waals surface area (Å²) in [6.07, 6.45) is -2.20. The number of ether oxygens (including phenoxy) is 1. The summed E-state index contributed by atoms with van der Waals surface area (Å²) in [5.74, 6) is -4.91. The second kappa shape index (κ2) is 13.1. The molecule has 0 saturated carbocycles. The molecular formula is C30H33BF5N3O5. The molecule has 8 nitrogen and oxygen atoms in total. The van der Waals surface area contributed by atoms with E-state index in [-0.39, 0.29) is 6.42 Å². The zero-order valence-electron chi connectivity index (χ0n) is 24.9. The minimum Gasteiger partial charge on any atom is -0.467 e. The largest absolute Gasteiger partial charge is 0.495 e. The van der Waals surface area contributed by atoms with E-state index in [0.29, 0.717) is 34.1 Å². The molecule has 1 aliphatic rings. The highest BCUT2D eigenvalue weighted by Crippen LogP contribution is 2.37. The number of rotatable bonds is 11. The van der Waals surface area contributed by atoms with Gasteiger partial charge in [-0.05, 0) is 56.9 Å². The third-order valence-corrected chi connectivity index (χ3v) is 7.95.